The van der Waals surface area contributed by atoms with E-state index in [-0.39, 0.29) is 24.7 Å². The Morgan fingerprint density at radius 2 is 1.62 bits per heavy atom. The molecule has 0 unspecified atom stereocenters. The number of aliphatic imine (C=N–C) groups is 1. The Balaban J connectivity index is 2.64. The van der Waals surface area contributed by atoms with E-state index in [4.69, 9.17) is 25.8 Å². The molecule has 2 rings (SSSR count). The van der Waals surface area contributed by atoms with Crippen molar-refractivity contribution < 1.29 is 28.9 Å². The third-order valence-corrected chi connectivity index (χ3v) is 4.11. The monoisotopic (exact) mass is 419 g/mol. The molecule has 7 nitrogen and oxygen atoms in total. The minimum absolute atomic E-state index is 0.0777. The number of halogens is 1. The van der Waals surface area contributed by atoms with E-state index in [0.717, 1.165) is 0 Å². The van der Waals surface area contributed by atoms with Gasteiger partial charge in [-0.25, -0.2) is 9.59 Å². The zero-order valence-corrected chi connectivity index (χ0v) is 17.1. The van der Waals surface area contributed by atoms with Gasteiger partial charge >= 0.3 is 11.9 Å². The molecule has 0 spiro atoms. The number of esters is 2. The molecular weight excluding hydrogens is 398 g/mol. The number of carbonyl (C=O) groups is 2. The van der Waals surface area contributed by atoms with Gasteiger partial charge in [0.1, 0.15) is 11.5 Å². The quantitative estimate of drug-likeness (QED) is 0.400. The van der Waals surface area contributed by atoms with E-state index >= 15 is 0 Å². The fourth-order valence-corrected chi connectivity index (χ4v) is 2.65. The van der Waals surface area contributed by atoms with E-state index in [2.05, 4.69) is 4.99 Å². The summed E-state index contributed by atoms with van der Waals surface area (Å²) in [6.07, 6.45) is 0. The van der Waals surface area contributed by atoms with Gasteiger partial charge in [-0.3, -0.25) is 4.99 Å². The number of ether oxygens (including phenoxy) is 3. The number of carbonyl (C=O) groups excluding carboxylic acids is 2. The van der Waals surface area contributed by atoms with Crippen molar-refractivity contribution in [3.8, 4) is 11.5 Å². The van der Waals surface area contributed by atoms with Crippen molar-refractivity contribution in [2.75, 3.05) is 20.3 Å². The molecule has 0 saturated heterocycles. The lowest BCUT2D eigenvalue weighted by atomic mass is 10.0. The SMILES string of the molecule is CCOC(=O)C(N=C(c1ccc(Cl)cc1)c1ccc(OC)cc1O)C(=O)OCC. The van der Waals surface area contributed by atoms with Crippen LogP contribution >= 0.6 is 11.6 Å². The molecule has 2 aromatic rings. The molecule has 1 N–H and O–H groups in total. The Morgan fingerprint density at radius 1 is 1.03 bits per heavy atom. The molecular formula is C21H22ClNO6. The molecule has 154 valence electrons. The molecule has 0 heterocycles. The summed E-state index contributed by atoms with van der Waals surface area (Å²) in [5.74, 6) is -1.38. The summed E-state index contributed by atoms with van der Waals surface area (Å²) in [6.45, 7) is 3.40. The minimum atomic E-state index is -1.54. The highest BCUT2D eigenvalue weighted by Gasteiger charge is 2.30. The van der Waals surface area contributed by atoms with Crippen molar-refractivity contribution in [3.63, 3.8) is 0 Å². The zero-order valence-electron chi connectivity index (χ0n) is 16.3. The molecule has 0 aliphatic carbocycles. The second kappa shape index (κ2) is 10.5. The number of hydrogen-bond donors (Lipinski definition) is 1. The number of phenols is 1. The van der Waals surface area contributed by atoms with Crippen molar-refractivity contribution in [1.29, 1.82) is 0 Å². The summed E-state index contributed by atoms with van der Waals surface area (Å²) in [6, 6.07) is 9.68. The van der Waals surface area contributed by atoms with Crippen LogP contribution in [0.15, 0.2) is 47.5 Å². The number of phenolic OH excluding ortho intramolecular Hbond substituents is 1. The lowest BCUT2D eigenvalue weighted by Gasteiger charge is -2.15. The van der Waals surface area contributed by atoms with Crippen molar-refractivity contribution in [2.45, 2.75) is 19.9 Å². The fraction of sp³-hybridized carbons (Fsp3) is 0.286. The summed E-state index contributed by atoms with van der Waals surface area (Å²) < 4.78 is 15.1. The fourth-order valence-electron chi connectivity index (χ4n) is 2.52. The molecule has 0 bridgehead atoms. The summed E-state index contributed by atoms with van der Waals surface area (Å²) in [5, 5.41) is 11.0. The van der Waals surface area contributed by atoms with Crippen LogP contribution in [0.4, 0.5) is 0 Å². The number of methoxy groups -OCH3 is 1. The van der Waals surface area contributed by atoms with Gasteiger partial charge in [0.05, 0.1) is 26.0 Å². The summed E-state index contributed by atoms with van der Waals surface area (Å²) in [5.41, 5.74) is 1.04. The number of aromatic hydroxyl groups is 1. The third-order valence-electron chi connectivity index (χ3n) is 3.86. The van der Waals surface area contributed by atoms with Gasteiger partial charge in [-0.15, -0.1) is 0 Å². The Labute approximate surface area is 173 Å². The molecule has 0 saturated carbocycles. The summed E-state index contributed by atoms with van der Waals surface area (Å²) in [4.78, 5) is 29.1. The van der Waals surface area contributed by atoms with Crippen molar-refractivity contribution in [1.82, 2.24) is 0 Å². The highest BCUT2D eigenvalue weighted by Crippen LogP contribution is 2.27. The maximum atomic E-state index is 12.4. The first kappa shape index (κ1) is 22.2. The van der Waals surface area contributed by atoms with Crippen LogP contribution in [0.5, 0.6) is 11.5 Å². The maximum absolute atomic E-state index is 12.4. The molecule has 2 aromatic carbocycles. The van der Waals surface area contributed by atoms with Gasteiger partial charge in [0.25, 0.3) is 0 Å². The van der Waals surface area contributed by atoms with Crippen LogP contribution in [0.1, 0.15) is 25.0 Å². The van der Waals surface area contributed by atoms with E-state index in [1.165, 1.54) is 13.2 Å². The molecule has 0 fully saturated rings. The summed E-state index contributed by atoms with van der Waals surface area (Å²) in [7, 11) is 1.47. The van der Waals surface area contributed by atoms with Gasteiger partial charge in [0.15, 0.2) is 0 Å². The van der Waals surface area contributed by atoms with Crippen molar-refractivity contribution in [2.24, 2.45) is 4.99 Å². The summed E-state index contributed by atoms with van der Waals surface area (Å²) >= 11 is 5.97. The first-order valence-corrected chi connectivity index (χ1v) is 9.33. The van der Waals surface area contributed by atoms with Gasteiger partial charge < -0.3 is 19.3 Å². The zero-order chi connectivity index (χ0) is 21.4. The van der Waals surface area contributed by atoms with E-state index in [1.54, 1.807) is 50.2 Å². The molecule has 0 aliphatic rings. The van der Waals surface area contributed by atoms with E-state index < -0.39 is 18.0 Å². The van der Waals surface area contributed by atoms with Crippen LogP contribution in [0, 0.1) is 0 Å². The molecule has 0 radical (unpaired) electrons. The number of nitrogens with zero attached hydrogens (tertiary/aromatic N) is 1. The van der Waals surface area contributed by atoms with Crippen molar-refractivity contribution >= 4 is 29.3 Å². The standard InChI is InChI=1S/C21H22ClNO6/c1-4-28-20(25)19(21(26)29-5-2)23-18(13-6-8-14(22)9-7-13)16-11-10-15(27-3)12-17(16)24/h6-12,19,24H,4-5H2,1-3H3. The molecule has 0 aliphatic heterocycles. The second-order valence-electron chi connectivity index (χ2n) is 5.77. The highest BCUT2D eigenvalue weighted by atomic mass is 35.5. The predicted molar refractivity (Wildman–Crippen MR) is 109 cm³/mol. The Morgan fingerprint density at radius 3 is 2.10 bits per heavy atom. The lowest BCUT2D eigenvalue weighted by molar-refractivity contribution is -0.156. The molecule has 0 amide bonds. The maximum Gasteiger partial charge on any atom is 0.342 e. The minimum Gasteiger partial charge on any atom is -0.507 e. The van der Waals surface area contributed by atoms with Crippen LogP contribution in [-0.4, -0.2) is 49.1 Å². The van der Waals surface area contributed by atoms with Crippen molar-refractivity contribution in [3.05, 3.63) is 58.6 Å². The average Bonchev–Trinajstić information content (AvgIpc) is 2.70. The lowest BCUT2D eigenvalue weighted by Crippen LogP contribution is -2.33. The normalized spacial score (nSPS) is 11.3. The third kappa shape index (κ3) is 5.71. The van der Waals surface area contributed by atoms with Gasteiger partial charge in [-0.2, -0.15) is 0 Å². The van der Waals surface area contributed by atoms with E-state index in [0.29, 0.717) is 21.9 Å². The van der Waals surface area contributed by atoms with E-state index in [9.17, 15) is 14.7 Å². The Bertz CT molecular complexity index is 877. The molecule has 0 aromatic heterocycles. The molecule has 0 atom stereocenters. The molecule has 29 heavy (non-hydrogen) atoms. The van der Waals surface area contributed by atoms with Gasteiger partial charge in [-0.1, -0.05) is 23.7 Å². The largest absolute Gasteiger partial charge is 0.507 e. The molecule has 8 heteroatoms. The topological polar surface area (TPSA) is 94.4 Å². The van der Waals surface area contributed by atoms with Crippen LogP contribution in [-0.2, 0) is 19.1 Å². The average molecular weight is 420 g/mol. The van der Waals surface area contributed by atoms with Crippen LogP contribution < -0.4 is 4.74 Å². The van der Waals surface area contributed by atoms with Crippen LogP contribution in [0.2, 0.25) is 5.02 Å². The second-order valence-corrected chi connectivity index (χ2v) is 6.21. The number of benzene rings is 2. The number of rotatable bonds is 8. The van der Waals surface area contributed by atoms with Gasteiger partial charge in [-0.05, 0) is 38.1 Å². The van der Waals surface area contributed by atoms with Gasteiger partial charge in [0.2, 0.25) is 6.04 Å². The predicted octanol–water partition coefficient (Wildman–Crippen LogP) is 3.39. The smallest absolute Gasteiger partial charge is 0.342 e. The highest BCUT2D eigenvalue weighted by molar-refractivity contribution is 6.30. The first-order chi connectivity index (χ1) is 13.9. The first-order valence-electron chi connectivity index (χ1n) is 8.95. The number of hydrogen-bond acceptors (Lipinski definition) is 7. The Hall–Kier alpha value is -3.06. The van der Waals surface area contributed by atoms with Gasteiger partial charge in [0, 0.05) is 22.2 Å². The Kier molecular flexibility index (Phi) is 8.03. The van der Waals surface area contributed by atoms with Crippen LogP contribution in [0.25, 0.3) is 0 Å². The van der Waals surface area contributed by atoms with Crippen LogP contribution in [0.3, 0.4) is 0 Å². The van der Waals surface area contributed by atoms with E-state index in [1.807, 2.05) is 0 Å².